The van der Waals surface area contributed by atoms with Crippen LogP contribution in [0.2, 0.25) is 0 Å². The number of para-hydroxylation sites is 4. The largest absolute Gasteiger partial charge is 0.336 e. The van der Waals surface area contributed by atoms with Crippen LogP contribution in [-0.4, -0.2) is 22.2 Å². The Kier molecular flexibility index (Phi) is 20.6. The maximum atomic E-state index is 9.00. The predicted octanol–water partition coefficient (Wildman–Crippen LogP) is 30.8. The first-order chi connectivity index (χ1) is 54.2. The second kappa shape index (κ2) is 30.3. The molecule has 4 aliphatic carbocycles. The fourth-order valence-electron chi connectivity index (χ4n) is 19.3. The zero-order valence-corrected chi connectivity index (χ0v) is 72.8. The third kappa shape index (κ3) is 14.6. The van der Waals surface area contributed by atoms with Gasteiger partial charge in [0.2, 0.25) is 0 Å². The van der Waals surface area contributed by atoms with E-state index in [9.17, 15) is 0 Å². The highest BCUT2D eigenvalue weighted by Gasteiger charge is 2.46. The molecule has 0 amide bonds. The summed E-state index contributed by atoms with van der Waals surface area (Å²) in [6.07, 6.45) is -0.302. The Labute approximate surface area is 685 Å². The Hall–Kier alpha value is -10.2. The summed E-state index contributed by atoms with van der Waals surface area (Å²) in [5.41, 5.74) is 34.9. The SMILES string of the molecule is Cc1ccc2c(c1N(c1ccccc1)C(C)(C)C)C(C)(C)c1ccccc1-2.[2H]C(C)(C)c1ccc2c(c1N(c1ccccc1)C(C)(C)C)C(C)(C)c1ccccc1-2.[2H]C(C)(C)c1ccc2c(c1N(c1ccccc1)C(C)(C)C)C(C)(C)c1ccccc1-2.[2H]C(C)c1ccc2c(c1N(c1ccccc1)C(C)(C)C)C(C)(C)c1ccccc1-2. The summed E-state index contributed by atoms with van der Waals surface area (Å²) in [6.45, 7) is 58.1. The molecule has 4 nitrogen and oxygen atoms in total. The van der Waals surface area contributed by atoms with Crippen LogP contribution in [0.25, 0.3) is 44.5 Å². The number of hydrogen-bond acceptors (Lipinski definition) is 4. The topological polar surface area (TPSA) is 13.0 Å². The summed E-state index contributed by atoms with van der Waals surface area (Å²) in [4.78, 5) is 9.87. The van der Waals surface area contributed by atoms with Crippen molar-refractivity contribution in [3.63, 3.8) is 0 Å². The molecular weight excluding hydrogens is 1370 g/mol. The molecule has 16 rings (SSSR count). The van der Waals surface area contributed by atoms with Crippen molar-refractivity contribution in [2.24, 2.45) is 0 Å². The molecule has 0 saturated carbocycles. The van der Waals surface area contributed by atoms with E-state index in [1.165, 1.54) is 129 Å². The number of anilines is 8. The molecule has 4 aliphatic rings. The summed E-state index contributed by atoms with van der Waals surface area (Å²) >= 11 is 0. The summed E-state index contributed by atoms with van der Waals surface area (Å²) < 4.78 is 26.6. The number of nitrogens with zero attached hydrogens (tertiary/aromatic N) is 4. The fourth-order valence-corrected chi connectivity index (χ4v) is 19.3. The molecule has 1 unspecified atom stereocenters. The minimum atomic E-state index is -0.715. The van der Waals surface area contributed by atoms with Crippen molar-refractivity contribution in [3.05, 3.63) is 334 Å². The lowest BCUT2D eigenvalue weighted by Crippen LogP contribution is -2.40. The van der Waals surface area contributed by atoms with Gasteiger partial charge in [-0.25, -0.2) is 0 Å². The standard InChI is InChI=1S/2C28H33N.C27H31N.C26H29N/c2*1-19(2)21-17-18-23-22-15-11-12-16-24(22)28(6,7)25(23)26(21)29(27(3,4)5)20-13-9-8-10-14-20;1-7-19-17-18-22-21-15-11-12-16-23(21)27(5,6)24(22)25(19)28(26(2,3)4)20-13-9-8-10-14-20;1-18-16-17-21-20-14-10-11-15-22(20)26(5,6)23(21)24(18)27(25(2,3)4)19-12-8-7-9-13-19/h2*8-19H,1-7H3;8-18H,7H2,1-6H3;7-17H,1-6H3/i2*19D;7D;. The lowest BCUT2D eigenvalue weighted by molar-refractivity contribution is 0.549. The highest BCUT2D eigenvalue weighted by atomic mass is 15.2. The first kappa shape index (κ1) is 76.8. The number of aryl methyl sites for hydroxylation is 2. The monoisotopic (exact) mass is 1490 g/mol. The van der Waals surface area contributed by atoms with Crippen LogP contribution in [-0.2, 0) is 28.1 Å². The van der Waals surface area contributed by atoms with Gasteiger partial charge in [0.05, 0.1) is 0 Å². The molecule has 0 radical (unpaired) electrons. The van der Waals surface area contributed by atoms with Gasteiger partial charge in [-0.3, -0.25) is 0 Å². The normalized spacial score (nSPS) is 15.4. The van der Waals surface area contributed by atoms with Gasteiger partial charge >= 0.3 is 0 Å². The third-order valence-corrected chi connectivity index (χ3v) is 24.0. The van der Waals surface area contributed by atoms with Gasteiger partial charge in [-0.15, -0.1) is 0 Å². The zero-order valence-electron chi connectivity index (χ0n) is 75.8. The molecule has 12 aromatic rings. The van der Waals surface area contributed by atoms with Crippen molar-refractivity contribution >= 4 is 45.5 Å². The molecule has 0 bridgehead atoms. The van der Waals surface area contributed by atoms with Crippen LogP contribution in [0.1, 0.15) is 256 Å². The van der Waals surface area contributed by atoms with E-state index in [2.05, 4.69) is 432 Å². The molecule has 113 heavy (non-hydrogen) atoms. The van der Waals surface area contributed by atoms with E-state index in [-0.39, 0.29) is 50.2 Å². The van der Waals surface area contributed by atoms with Gasteiger partial charge in [0.1, 0.15) is 0 Å². The molecule has 0 aromatic heterocycles. The first-order valence-corrected chi connectivity index (χ1v) is 41.1. The number of fused-ring (bicyclic) bond motifs is 12. The number of benzene rings is 12. The van der Waals surface area contributed by atoms with Gasteiger partial charge in [-0.05, 0) is 268 Å². The fraction of sp³-hybridized carbons (Fsp3) is 0.339. The molecule has 1 atom stereocenters. The number of hydrogen-bond donors (Lipinski definition) is 0. The van der Waals surface area contributed by atoms with Crippen LogP contribution in [0.4, 0.5) is 45.5 Å². The van der Waals surface area contributed by atoms with E-state index in [1.54, 1.807) is 0 Å². The summed E-state index contributed by atoms with van der Waals surface area (Å²) in [5, 5.41) is 0. The minimum absolute atomic E-state index is 0.0223. The second-order valence-corrected chi connectivity index (χ2v) is 38.2. The summed E-state index contributed by atoms with van der Waals surface area (Å²) in [6, 6.07) is 95.7. The van der Waals surface area contributed by atoms with Crippen molar-refractivity contribution in [2.75, 3.05) is 19.6 Å². The minimum Gasteiger partial charge on any atom is -0.336 e. The Morgan fingerprint density at radius 2 is 0.496 bits per heavy atom. The molecule has 12 aromatic carbocycles. The molecule has 0 saturated heterocycles. The second-order valence-electron chi connectivity index (χ2n) is 38.2. The molecule has 0 fully saturated rings. The van der Waals surface area contributed by atoms with E-state index in [0.29, 0.717) is 0 Å². The van der Waals surface area contributed by atoms with Crippen molar-refractivity contribution in [2.45, 2.75) is 242 Å². The maximum Gasteiger partial charge on any atom is 0.0498 e. The van der Waals surface area contributed by atoms with E-state index in [4.69, 9.17) is 4.11 Å². The average Bonchev–Trinajstić information content (AvgIpc) is 1.56. The summed E-state index contributed by atoms with van der Waals surface area (Å²) in [5.74, 6) is -1.43. The maximum absolute atomic E-state index is 9.00. The molecule has 0 spiro atoms. The Morgan fingerprint density at radius 3 is 0.761 bits per heavy atom. The molecule has 582 valence electrons. The van der Waals surface area contributed by atoms with Gasteiger partial charge in [0.25, 0.3) is 0 Å². The van der Waals surface area contributed by atoms with Crippen LogP contribution >= 0.6 is 0 Å². The van der Waals surface area contributed by atoms with Crippen molar-refractivity contribution in [3.8, 4) is 44.5 Å². The number of rotatable bonds is 11. The van der Waals surface area contributed by atoms with Crippen LogP contribution in [0, 0.1) is 6.92 Å². The smallest absolute Gasteiger partial charge is 0.0498 e. The average molecular weight is 1500 g/mol. The molecular formula is C109H126N4. The lowest BCUT2D eigenvalue weighted by atomic mass is 9.78. The lowest BCUT2D eigenvalue weighted by Gasteiger charge is -2.42. The van der Waals surface area contributed by atoms with E-state index in [1.807, 2.05) is 34.6 Å². The van der Waals surface area contributed by atoms with Crippen LogP contribution in [0.3, 0.4) is 0 Å². The molecule has 4 heteroatoms. The van der Waals surface area contributed by atoms with Gasteiger partial charge in [-0.2, -0.15) is 0 Å². The molecule has 0 N–H and O–H groups in total. The van der Waals surface area contributed by atoms with Gasteiger partial charge in [0, 0.05) is 93.4 Å². The highest BCUT2D eigenvalue weighted by Crippen LogP contribution is 2.61. The van der Waals surface area contributed by atoms with Crippen LogP contribution < -0.4 is 19.6 Å². The van der Waals surface area contributed by atoms with E-state index >= 15 is 0 Å². The van der Waals surface area contributed by atoms with Crippen LogP contribution in [0.5, 0.6) is 0 Å². The molecule has 0 aliphatic heterocycles. The third-order valence-electron chi connectivity index (χ3n) is 24.0. The Bertz CT molecular complexity index is 5410. The Balaban J connectivity index is 0.000000135. The van der Waals surface area contributed by atoms with Gasteiger partial charge in [-0.1, -0.05) is 308 Å². The van der Waals surface area contributed by atoms with Gasteiger partial charge in [0.15, 0.2) is 0 Å². The molecule has 0 heterocycles. The van der Waals surface area contributed by atoms with Crippen molar-refractivity contribution in [1.82, 2.24) is 0 Å². The highest BCUT2D eigenvalue weighted by molar-refractivity contribution is 5.94. The zero-order chi connectivity index (χ0) is 84.2. The predicted molar refractivity (Wildman–Crippen MR) is 492 cm³/mol. The summed E-state index contributed by atoms with van der Waals surface area (Å²) in [7, 11) is 0. The quantitative estimate of drug-likeness (QED) is 0.128. The van der Waals surface area contributed by atoms with Crippen LogP contribution in [0.15, 0.2) is 267 Å². The van der Waals surface area contributed by atoms with Crippen molar-refractivity contribution < 1.29 is 4.11 Å². The Morgan fingerprint density at radius 1 is 0.274 bits per heavy atom. The van der Waals surface area contributed by atoms with Crippen molar-refractivity contribution in [1.29, 1.82) is 0 Å². The van der Waals surface area contributed by atoms with E-state index in [0.717, 1.165) is 28.1 Å². The van der Waals surface area contributed by atoms with E-state index < -0.39 is 11.8 Å². The first-order valence-electron chi connectivity index (χ1n) is 42.7. The van der Waals surface area contributed by atoms with Gasteiger partial charge < -0.3 is 19.6 Å².